The highest BCUT2D eigenvalue weighted by molar-refractivity contribution is 5.88. The predicted octanol–water partition coefficient (Wildman–Crippen LogP) is 1.91. The number of β-amino-alcohol motifs (C(OH)–C–C–N with tert-alkyl or cyclic N) is 1. The van der Waals surface area contributed by atoms with Gasteiger partial charge in [0.25, 0.3) is 5.69 Å². The number of nitrogens with zero attached hydrogens (tertiary/aromatic N) is 5. The normalized spacial score (nSPS) is 19.3. The van der Waals surface area contributed by atoms with Gasteiger partial charge in [0.05, 0.1) is 28.2 Å². The van der Waals surface area contributed by atoms with Gasteiger partial charge in [-0.05, 0) is 26.0 Å². The van der Waals surface area contributed by atoms with Crippen LogP contribution in [0.4, 0.5) is 11.5 Å². The minimum Gasteiger partial charge on any atom is -0.392 e. The van der Waals surface area contributed by atoms with Gasteiger partial charge in [-0.15, -0.1) is 0 Å². The smallest absolute Gasteiger partial charge is 0.270 e. The summed E-state index contributed by atoms with van der Waals surface area (Å²) in [6, 6.07) is 8.41. The summed E-state index contributed by atoms with van der Waals surface area (Å²) in [7, 11) is 0. The van der Waals surface area contributed by atoms with Crippen molar-refractivity contribution in [2.45, 2.75) is 26.0 Å². The van der Waals surface area contributed by atoms with Crippen LogP contribution in [0.25, 0.3) is 10.9 Å². The maximum atomic E-state index is 11.0. The molecule has 8 heteroatoms. The lowest BCUT2D eigenvalue weighted by atomic mass is 10.1. The van der Waals surface area contributed by atoms with Crippen LogP contribution in [0.3, 0.4) is 0 Å². The van der Waals surface area contributed by atoms with Crippen LogP contribution in [0.2, 0.25) is 0 Å². The molecule has 1 aliphatic heterocycles. The lowest BCUT2D eigenvalue weighted by Gasteiger charge is -2.41. The van der Waals surface area contributed by atoms with Gasteiger partial charge in [-0.25, -0.2) is 4.98 Å². The molecule has 2 aromatic rings. The monoisotopic (exact) mass is 355 g/mol. The first kappa shape index (κ1) is 18.0. The molecule has 1 aromatic heterocycles. The Bertz CT molecular complexity index is 877. The van der Waals surface area contributed by atoms with Crippen molar-refractivity contribution >= 4 is 22.4 Å². The number of pyridine rings is 1. The second kappa shape index (κ2) is 7.23. The van der Waals surface area contributed by atoms with Gasteiger partial charge in [-0.2, -0.15) is 5.26 Å². The minimum absolute atomic E-state index is 0.0522. The van der Waals surface area contributed by atoms with E-state index in [1.165, 1.54) is 12.1 Å². The minimum atomic E-state index is -0.474. The molecule has 2 unspecified atom stereocenters. The summed E-state index contributed by atoms with van der Waals surface area (Å²) < 4.78 is 0. The quantitative estimate of drug-likeness (QED) is 0.659. The number of benzene rings is 1. The van der Waals surface area contributed by atoms with Gasteiger partial charge in [-0.3, -0.25) is 15.0 Å². The molecule has 1 N–H and O–H groups in total. The SMILES string of the molecule is CC(O)CN1CCN(c2cc(C#N)c3cc([N+](=O)[O-])ccc3n2)C(C)C1. The van der Waals surface area contributed by atoms with Crippen LogP contribution in [0.1, 0.15) is 19.4 Å². The van der Waals surface area contributed by atoms with Gasteiger partial charge in [0.1, 0.15) is 5.82 Å². The molecular weight excluding hydrogens is 334 g/mol. The number of fused-ring (bicyclic) bond motifs is 1. The van der Waals surface area contributed by atoms with E-state index in [0.29, 0.717) is 28.8 Å². The first-order valence-electron chi connectivity index (χ1n) is 8.55. The number of aromatic nitrogens is 1. The number of hydrogen-bond acceptors (Lipinski definition) is 7. The molecule has 0 bridgehead atoms. The lowest BCUT2D eigenvalue weighted by molar-refractivity contribution is -0.384. The number of anilines is 1. The van der Waals surface area contributed by atoms with E-state index in [1.54, 1.807) is 19.1 Å². The Balaban J connectivity index is 1.93. The first-order chi connectivity index (χ1) is 12.4. The van der Waals surface area contributed by atoms with E-state index >= 15 is 0 Å². The van der Waals surface area contributed by atoms with E-state index < -0.39 is 4.92 Å². The average Bonchev–Trinajstić information content (AvgIpc) is 2.59. The lowest BCUT2D eigenvalue weighted by Crippen LogP contribution is -2.53. The number of non-ortho nitro benzene ring substituents is 1. The molecule has 0 saturated carbocycles. The third-order valence-corrected chi connectivity index (χ3v) is 4.64. The Morgan fingerprint density at radius 2 is 2.23 bits per heavy atom. The molecule has 1 fully saturated rings. The van der Waals surface area contributed by atoms with Crippen molar-refractivity contribution in [3.05, 3.63) is 39.9 Å². The second-order valence-corrected chi connectivity index (χ2v) is 6.75. The van der Waals surface area contributed by atoms with E-state index in [-0.39, 0.29) is 17.8 Å². The van der Waals surface area contributed by atoms with E-state index in [2.05, 4.69) is 27.8 Å². The summed E-state index contributed by atoms with van der Waals surface area (Å²) >= 11 is 0. The van der Waals surface area contributed by atoms with Crippen molar-refractivity contribution < 1.29 is 10.0 Å². The number of nitro benzene ring substituents is 1. The fourth-order valence-electron chi connectivity index (χ4n) is 3.47. The van der Waals surface area contributed by atoms with Crippen LogP contribution in [-0.4, -0.2) is 58.2 Å². The Kier molecular flexibility index (Phi) is 5.02. The van der Waals surface area contributed by atoms with Crippen LogP contribution < -0.4 is 4.90 Å². The highest BCUT2D eigenvalue weighted by atomic mass is 16.6. The van der Waals surface area contributed by atoms with Gasteiger partial charge in [0, 0.05) is 49.7 Å². The predicted molar refractivity (Wildman–Crippen MR) is 98.0 cm³/mol. The second-order valence-electron chi connectivity index (χ2n) is 6.75. The van der Waals surface area contributed by atoms with E-state index in [9.17, 15) is 20.5 Å². The largest absolute Gasteiger partial charge is 0.392 e. The molecule has 8 nitrogen and oxygen atoms in total. The molecule has 0 amide bonds. The summed E-state index contributed by atoms with van der Waals surface area (Å²) in [5.74, 6) is 0.701. The molecule has 2 atom stereocenters. The van der Waals surface area contributed by atoms with Crippen LogP contribution in [-0.2, 0) is 0 Å². The van der Waals surface area contributed by atoms with Gasteiger partial charge in [0.2, 0.25) is 0 Å². The first-order valence-corrected chi connectivity index (χ1v) is 8.55. The third-order valence-electron chi connectivity index (χ3n) is 4.64. The molecule has 0 spiro atoms. The number of aliphatic hydroxyl groups excluding tert-OH is 1. The number of nitro groups is 1. The Hall–Kier alpha value is -2.76. The van der Waals surface area contributed by atoms with Crippen molar-refractivity contribution in [1.29, 1.82) is 5.26 Å². The summed E-state index contributed by atoms with van der Waals surface area (Å²) in [6.45, 7) is 6.84. The Morgan fingerprint density at radius 3 is 2.85 bits per heavy atom. The average molecular weight is 355 g/mol. The topological polar surface area (TPSA) is 107 Å². The molecule has 0 radical (unpaired) electrons. The van der Waals surface area contributed by atoms with Gasteiger partial charge < -0.3 is 10.0 Å². The number of hydrogen-bond donors (Lipinski definition) is 1. The highest BCUT2D eigenvalue weighted by Crippen LogP contribution is 2.28. The molecule has 1 aromatic carbocycles. The number of nitriles is 1. The number of piperazine rings is 1. The fraction of sp³-hybridized carbons (Fsp3) is 0.444. The van der Waals surface area contributed by atoms with Crippen molar-refractivity contribution in [3.8, 4) is 6.07 Å². The van der Waals surface area contributed by atoms with Gasteiger partial charge >= 0.3 is 0 Å². The van der Waals surface area contributed by atoms with Crippen molar-refractivity contribution in [2.75, 3.05) is 31.1 Å². The van der Waals surface area contributed by atoms with Crippen LogP contribution >= 0.6 is 0 Å². The van der Waals surface area contributed by atoms with Gasteiger partial charge in [-0.1, -0.05) is 0 Å². The Labute approximate surface area is 151 Å². The van der Waals surface area contributed by atoms with E-state index in [0.717, 1.165) is 19.6 Å². The number of aliphatic hydroxyl groups is 1. The van der Waals surface area contributed by atoms with Crippen molar-refractivity contribution in [3.63, 3.8) is 0 Å². The van der Waals surface area contributed by atoms with Crippen LogP contribution in [0.5, 0.6) is 0 Å². The molecule has 3 rings (SSSR count). The van der Waals surface area contributed by atoms with Gasteiger partial charge in [0.15, 0.2) is 0 Å². The van der Waals surface area contributed by atoms with Crippen molar-refractivity contribution in [2.24, 2.45) is 0 Å². The summed E-state index contributed by atoms with van der Waals surface area (Å²) in [4.78, 5) is 19.5. The molecule has 1 saturated heterocycles. The molecule has 1 aliphatic rings. The molecular formula is C18H21N5O3. The molecule has 2 heterocycles. The van der Waals surface area contributed by atoms with Crippen LogP contribution in [0.15, 0.2) is 24.3 Å². The molecule has 26 heavy (non-hydrogen) atoms. The summed E-state index contributed by atoms with van der Waals surface area (Å²) in [5, 5.41) is 30.5. The maximum Gasteiger partial charge on any atom is 0.270 e. The molecule has 0 aliphatic carbocycles. The maximum absolute atomic E-state index is 11.0. The fourth-order valence-corrected chi connectivity index (χ4v) is 3.47. The van der Waals surface area contributed by atoms with E-state index in [4.69, 9.17) is 0 Å². The zero-order valence-electron chi connectivity index (χ0n) is 14.8. The van der Waals surface area contributed by atoms with E-state index in [1.807, 2.05) is 0 Å². The standard InChI is InChI=1S/C18H21N5O3/c1-12-10-21(11-13(2)24)5-6-22(12)18-7-14(9-19)16-8-15(23(25)26)3-4-17(16)20-18/h3-4,7-8,12-13,24H,5-6,10-11H2,1-2H3. The van der Waals surface area contributed by atoms with Crippen molar-refractivity contribution in [1.82, 2.24) is 9.88 Å². The zero-order valence-corrected chi connectivity index (χ0v) is 14.8. The third kappa shape index (κ3) is 3.59. The highest BCUT2D eigenvalue weighted by Gasteiger charge is 2.26. The summed E-state index contributed by atoms with van der Waals surface area (Å²) in [6.07, 6.45) is -0.367. The molecule has 136 valence electrons. The van der Waals surface area contributed by atoms with Crippen LogP contribution in [0, 0.1) is 21.4 Å². The summed E-state index contributed by atoms with van der Waals surface area (Å²) in [5.41, 5.74) is 0.902. The number of rotatable bonds is 4. The Morgan fingerprint density at radius 1 is 1.46 bits per heavy atom. The zero-order chi connectivity index (χ0) is 18.8.